The standard InChI is InChI=1S/C21H22N2O4/c1-15(2)10-11-26-19-8-6-17(7-9-19)21(25)27-14-20(24)23-18-5-3-4-16(12-18)13-22/h3-9,12,15H,10-11,14H2,1-2H3,(H,23,24). The van der Waals surface area contributed by atoms with Gasteiger partial charge in [-0.3, -0.25) is 4.79 Å². The molecule has 0 fully saturated rings. The van der Waals surface area contributed by atoms with Crippen LogP contribution in [0.3, 0.4) is 0 Å². The van der Waals surface area contributed by atoms with Gasteiger partial charge in [0.05, 0.1) is 23.8 Å². The summed E-state index contributed by atoms with van der Waals surface area (Å²) in [5, 5.41) is 11.4. The van der Waals surface area contributed by atoms with E-state index in [1.807, 2.05) is 6.07 Å². The van der Waals surface area contributed by atoms with Gasteiger partial charge in [0.15, 0.2) is 6.61 Å². The Hall–Kier alpha value is -3.33. The van der Waals surface area contributed by atoms with E-state index in [2.05, 4.69) is 19.2 Å². The van der Waals surface area contributed by atoms with Crippen molar-refractivity contribution in [3.05, 3.63) is 59.7 Å². The largest absolute Gasteiger partial charge is 0.494 e. The third-order valence-electron chi connectivity index (χ3n) is 3.66. The van der Waals surface area contributed by atoms with Gasteiger partial charge in [0.25, 0.3) is 5.91 Å². The Bertz CT molecular complexity index is 823. The number of nitrogens with one attached hydrogen (secondary N) is 1. The predicted octanol–water partition coefficient (Wildman–Crippen LogP) is 3.78. The summed E-state index contributed by atoms with van der Waals surface area (Å²) >= 11 is 0. The number of amides is 1. The van der Waals surface area contributed by atoms with E-state index in [0.717, 1.165) is 6.42 Å². The minimum Gasteiger partial charge on any atom is -0.494 e. The molecule has 0 saturated carbocycles. The summed E-state index contributed by atoms with van der Waals surface area (Å²) in [6.07, 6.45) is 0.955. The van der Waals surface area contributed by atoms with Crippen molar-refractivity contribution in [3.63, 3.8) is 0 Å². The monoisotopic (exact) mass is 366 g/mol. The van der Waals surface area contributed by atoms with Crippen molar-refractivity contribution in [3.8, 4) is 11.8 Å². The van der Waals surface area contributed by atoms with Crippen molar-refractivity contribution in [2.24, 2.45) is 5.92 Å². The lowest BCUT2D eigenvalue weighted by Crippen LogP contribution is -2.20. The molecule has 0 heterocycles. The van der Waals surface area contributed by atoms with Gasteiger partial charge < -0.3 is 14.8 Å². The molecule has 0 aliphatic carbocycles. The fourth-order valence-electron chi connectivity index (χ4n) is 2.18. The van der Waals surface area contributed by atoms with Gasteiger partial charge >= 0.3 is 5.97 Å². The molecule has 0 atom stereocenters. The number of benzene rings is 2. The minimum absolute atomic E-state index is 0.338. The van der Waals surface area contributed by atoms with Gasteiger partial charge in [0.1, 0.15) is 5.75 Å². The maximum absolute atomic E-state index is 12.0. The van der Waals surface area contributed by atoms with Crippen LogP contribution in [0.1, 0.15) is 36.2 Å². The number of carbonyl (C=O) groups is 2. The van der Waals surface area contributed by atoms with Crippen LogP contribution in [0.15, 0.2) is 48.5 Å². The molecule has 0 aliphatic rings. The minimum atomic E-state index is -0.593. The third-order valence-corrected chi connectivity index (χ3v) is 3.66. The number of nitriles is 1. The number of hydrogen-bond donors (Lipinski definition) is 1. The summed E-state index contributed by atoms with van der Waals surface area (Å²) < 4.78 is 10.6. The normalized spacial score (nSPS) is 10.1. The molecule has 0 aromatic heterocycles. The fraction of sp³-hybridized carbons (Fsp3) is 0.286. The van der Waals surface area contributed by atoms with Gasteiger partial charge in [-0.1, -0.05) is 19.9 Å². The van der Waals surface area contributed by atoms with Gasteiger partial charge in [-0.2, -0.15) is 5.26 Å². The van der Waals surface area contributed by atoms with Gasteiger partial charge in [0.2, 0.25) is 0 Å². The van der Waals surface area contributed by atoms with Crippen molar-refractivity contribution in [2.45, 2.75) is 20.3 Å². The highest BCUT2D eigenvalue weighted by Gasteiger charge is 2.11. The zero-order valence-electron chi connectivity index (χ0n) is 15.4. The molecule has 6 nitrogen and oxygen atoms in total. The number of nitrogens with zero attached hydrogens (tertiary/aromatic N) is 1. The molecular weight excluding hydrogens is 344 g/mol. The van der Waals surface area contributed by atoms with Gasteiger partial charge in [0, 0.05) is 5.69 Å². The van der Waals surface area contributed by atoms with Gasteiger partial charge in [-0.25, -0.2) is 4.79 Å². The first-order chi connectivity index (χ1) is 13.0. The lowest BCUT2D eigenvalue weighted by molar-refractivity contribution is -0.119. The Balaban J connectivity index is 1.80. The highest BCUT2D eigenvalue weighted by atomic mass is 16.5. The van der Waals surface area contributed by atoms with Crippen molar-refractivity contribution >= 4 is 17.6 Å². The smallest absolute Gasteiger partial charge is 0.338 e. The first kappa shape index (κ1) is 20.0. The second-order valence-electron chi connectivity index (χ2n) is 6.37. The molecule has 2 aromatic rings. The van der Waals surface area contributed by atoms with Crippen LogP contribution in [0, 0.1) is 17.2 Å². The van der Waals surface area contributed by atoms with Crippen molar-refractivity contribution in [1.82, 2.24) is 0 Å². The van der Waals surface area contributed by atoms with Crippen LogP contribution in [-0.2, 0) is 9.53 Å². The van der Waals surface area contributed by atoms with E-state index in [1.54, 1.807) is 42.5 Å². The number of rotatable bonds is 8. The first-order valence-corrected chi connectivity index (χ1v) is 8.68. The average Bonchev–Trinajstić information content (AvgIpc) is 2.66. The number of anilines is 1. The average molecular weight is 366 g/mol. The van der Waals surface area contributed by atoms with E-state index >= 15 is 0 Å². The zero-order chi connectivity index (χ0) is 19.6. The van der Waals surface area contributed by atoms with Crippen LogP contribution in [0.25, 0.3) is 0 Å². The van der Waals surface area contributed by atoms with E-state index < -0.39 is 18.5 Å². The molecule has 2 rings (SSSR count). The molecule has 1 N–H and O–H groups in total. The van der Waals surface area contributed by atoms with Crippen LogP contribution >= 0.6 is 0 Å². The van der Waals surface area contributed by atoms with Crippen LogP contribution in [0.2, 0.25) is 0 Å². The second kappa shape index (κ2) is 9.97. The summed E-state index contributed by atoms with van der Waals surface area (Å²) in [4.78, 5) is 23.9. The van der Waals surface area contributed by atoms with E-state index in [4.69, 9.17) is 14.7 Å². The van der Waals surface area contributed by atoms with E-state index in [1.165, 1.54) is 6.07 Å². The van der Waals surface area contributed by atoms with E-state index in [0.29, 0.717) is 35.1 Å². The maximum atomic E-state index is 12.0. The molecule has 0 unspecified atom stereocenters. The zero-order valence-corrected chi connectivity index (χ0v) is 15.4. The lowest BCUT2D eigenvalue weighted by Gasteiger charge is -2.09. The summed E-state index contributed by atoms with van der Waals surface area (Å²) in [6, 6.07) is 15.1. The van der Waals surface area contributed by atoms with Crippen molar-refractivity contribution < 1.29 is 19.1 Å². The summed E-state index contributed by atoms with van der Waals surface area (Å²) in [6.45, 7) is 4.45. The fourth-order valence-corrected chi connectivity index (χ4v) is 2.18. The van der Waals surface area contributed by atoms with E-state index in [9.17, 15) is 9.59 Å². The van der Waals surface area contributed by atoms with Gasteiger partial charge in [-0.05, 0) is 54.8 Å². The Labute approximate surface area is 158 Å². The number of carbonyl (C=O) groups excluding carboxylic acids is 2. The second-order valence-corrected chi connectivity index (χ2v) is 6.37. The molecule has 0 bridgehead atoms. The molecular formula is C21H22N2O4. The maximum Gasteiger partial charge on any atom is 0.338 e. The predicted molar refractivity (Wildman–Crippen MR) is 101 cm³/mol. The van der Waals surface area contributed by atoms with Crippen LogP contribution in [0.4, 0.5) is 5.69 Å². The summed E-state index contributed by atoms with van der Waals surface area (Å²) in [5.41, 5.74) is 1.24. The molecule has 0 radical (unpaired) electrons. The summed E-state index contributed by atoms with van der Waals surface area (Å²) in [7, 11) is 0. The SMILES string of the molecule is CC(C)CCOc1ccc(C(=O)OCC(=O)Nc2cccc(C#N)c2)cc1. The van der Waals surface area contributed by atoms with Crippen LogP contribution in [-0.4, -0.2) is 25.1 Å². The Kier molecular flexibility index (Phi) is 7.38. The topological polar surface area (TPSA) is 88.4 Å². The quantitative estimate of drug-likeness (QED) is 0.718. The lowest BCUT2D eigenvalue weighted by atomic mass is 10.1. The van der Waals surface area contributed by atoms with Gasteiger partial charge in [-0.15, -0.1) is 0 Å². The highest BCUT2D eigenvalue weighted by molar-refractivity contribution is 5.95. The van der Waals surface area contributed by atoms with Crippen molar-refractivity contribution in [1.29, 1.82) is 5.26 Å². The molecule has 140 valence electrons. The number of hydrogen-bond acceptors (Lipinski definition) is 5. The molecule has 27 heavy (non-hydrogen) atoms. The molecule has 2 aromatic carbocycles. The number of esters is 1. The molecule has 1 amide bonds. The Morgan fingerprint density at radius 2 is 1.89 bits per heavy atom. The molecule has 0 saturated heterocycles. The summed E-state index contributed by atoms with van der Waals surface area (Å²) in [5.74, 6) is 0.173. The van der Waals surface area contributed by atoms with Crippen LogP contribution < -0.4 is 10.1 Å². The molecule has 0 spiro atoms. The first-order valence-electron chi connectivity index (χ1n) is 8.68. The van der Waals surface area contributed by atoms with Crippen LogP contribution in [0.5, 0.6) is 5.75 Å². The van der Waals surface area contributed by atoms with Crippen molar-refractivity contribution in [2.75, 3.05) is 18.5 Å². The Morgan fingerprint density at radius 1 is 1.15 bits per heavy atom. The number of ether oxygens (including phenoxy) is 2. The highest BCUT2D eigenvalue weighted by Crippen LogP contribution is 2.14. The molecule has 0 aliphatic heterocycles. The molecule has 6 heteroatoms. The Morgan fingerprint density at radius 3 is 2.56 bits per heavy atom. The third kappa shape index (κ3) is 6.83. The van der Waals surface area contributed by atoms with E-state index in [-0.39, 0.29) is 0 Å².